The normalized spacial score (nSPS) is 11.2. The summed E-state index contributed by atoms with van der Waals surface area (Å²) < 4.78 is 26.9. The summed E-state index contributed by atoms with van der Waals surface area (Å²) in [7, 11) is 0. The average Bonchev–Trinajstić information content (AvgIpc) is 3.41. The summed E-state index contributed by atoms with van der Waals surface area (Å²) in [4.78, 5) is 9.14. The van der Waals surface area contributed by atoms with Crippen molar-refractivity contribution < 1.29 is 8.78 Å². The Morgan fingerprint density at radius 3 is 2.50 bits per heavy atom. The summed E-state index contributed by atoms with van der Waals surface area (Å²) in [6.07, 6.45) is 6.94. The number of aromatic nitrogens is 6. The Bertz CT molecular complexity index is 1290. The fourth-order valence-corrected chi connectivity index (χ4v) is 3.07. The van der Waals surface area contributed by atoms with E-state index in [0.29, 0.717) is 28.0 Å². The zero-order valence-electron chi connectivity index (χ0n) is 14.3. The van der Waals surface area contributed by atoms with Crippen molar-refractivity contribution in [3.63, 3.8) is 0 Å². The van der Waals surface area contributed by atoms with Crippen molar-refractivity contribution in [3.8, 4) is 33.6 Å². The van der Waals surface area contributed by atoms with E-state index in [1.54, 1.807) is 24.8 Å². The van der Waals surface area contributed by atoms with Crippen LogP contribution in [0.4, 0.5) is 8.78 Å². The van der Waals surface area contributed by atoms with E-state index >= 15 is 0 Å². The molecule has 0 aliphatic rings. The minimum absolute atomic E-state index is 0.460. The molecule has 4 aromatic heterocycles. The van der Waals surface area contributed by atoms with Gasteiger partial charge >= 0.3 is 0 Å². The SMILES string of the molecule is Fc1ccc(-c2n[nH]cc2-c2ccc3ncc(-c4cn[nH]c4)cc3n2)cc1F. The second-order valence-corrected chi connectivity index (χ2v) is 6.22. The van der Waals surface area contributed by atoms with Crippen LogP contribution in [0.25, 0.3) is 44.7 Å². The Morgan fingerprint density at radius 1 is 0.750 bits per heavy atom. The van der Waals surface area contributed by atoms with Crippen molar-refractivity contribution in [2.45, 2.75) is 0 Å². The third kappa shape index (κ3) is 2.71. The third-order valence-corrected chi connectivity index (χ3v) is 4.48. The van der Waals surface area contributed by atoms with Crippen LogP contribution in [0.5, 0.6) is 0 Å². The lowest BCUT2D eigenvalue weighted by atomic mass is 10.0. The van der Waals surface area contributed by atoms with Crippen LogP contribution in [-0.4, -0.2) is 30.4 Å². The summed E-state index contributed by atoms with van der Waals surface area (Å²) in [6.45, 7) is 0. The molecule has 0 atom stereocenters. The number of fused-ring (bicyclic) bond motifs is 1. The quantitative estimate of drug-likeness (QED) is 0.492. The summed E-state index contributed by atoms with van der Waals surface area (Å²) in [5.41, 5.74) is 5.52. The highest BCUT2D eigenvalue weighted by atomic mass is 19.2. The molecule has 0 saturated heterocycles. The van der Waals surface area contributed by atoms with Crippen LogP contribution in [0.15, 0.2) is 61.2 Å². The maximum absolute atomic E-state index is 13.6. The molecule has 0 saturated carbocycles. The minimum atomic E-state index is -0.924. The number of benzene rings is 1. The molecule has 136 valence electrons. The molecule has 0 aliphatic heterocycles. The first-order chi connectivity index (χ1) is 13.7. The first-order valence-corrected chi connectivity index (χ1v) is 8.44. The molecule has 0 amide bonds. The second kappa shape index (κ2) is 6.34. The van der Waals surface area contributed by atoms with Gasteiger partial charge in [-0.3, -0.25) is 15.2 Å². The zero-order valence-corrected chi connectivity index (χ0v) is 14.3. The van der Waals surface area contributed by atoms with E-state index in [0.717, 1.165) is 28.8 Å². The fourth-order valence-electron chi connectivity index (χ4n) is 3.07. The summed E-state index contributed by atoms with van der Waals surface area (Å²) in [5.74, 6) is -1.82. The topological polar surface area (TPSA) is 83.1 Å². The van der Waals surface area contributed by atoms with Gasteiger partial charge in [0, 0.05) is 40.8 Å². The molecule has 0 bridgehead atoms. The summed E-state index contributed by atoms with van der Waals surface area (Å²) >= 11 is 0. The molecular formula is C20H12F2N6. The highest BCUT2D eigenvalue weighted by Gasteiger charge is 2.14. The molecule has 1 aromatic carbocycles. The Hall–Kier alpha value is -3.94. The highest BCUT2D eigenvalue weighted by Crippen LogP contribution is 2.31. The van der Waals surface area contributed by atoms with Gasteiger partial charge in [-0.25, -0.2) is 13.8 Å². The first-order valence-electron chi connectivity index (χ1n) is 8.44. The lowest BCUT2D eigenvalue weighted by molar-refractivity contribution is 0.509. The standard InChI is InChI=1S/C20H12F2N6/c21-15-2-1-11(5-16(15)22)20-14(10-26-28-20)17-3-4-18-19(27-17)6-12(7-23-18)13-8-24-25-9-13/h1-10H,(H,24,25)(H,26,28). The van der Waals surface area contributed by atoms with Crippen LogP contribution in [0.3, 0.4) is 0 Å². The zero-order chi connectivity index (χ0) is 19.1. The number of H-pyrrole nitrogens is 2. The second-order valence-electron chi connectivity index (χ2n) is 6.22. The molecule has 4 heterocycles. The van der Waals surface area contributed by atoms with Crippen LogP contribution in [-0.2, 0) is 0 Å². The first kappa shape index (κ1) is 16.2. The van der Waals surface area contributed by atoms with Gasteiger partial charge < -0.3 is 0 Å². The number of rotatable bonds is 3. The number of halogens is 2. The largest absolute Gasteiger partial charge is 0.285 e. The number of hydrogen-bond donors (Lipinski definition) is 2. The maximum atomic E-state index is 13.6. The van der Waals surface area contributed by atoms with E-state index in [1.807, 2.05) is 18.2 Å². The molecule has 2 N–H and O–H groups in total. The van der Waals surface area contributed by atoms with Crippen molar-refractivity contribution in [2.75, 3.05) is 0 Å². The van der Waals surface area contributed by atoms with Crippen molar-refractivity contribution in [2.24, 2.45) is 0 Å². The molecule has 8 heteroatoms. The van der Waals surface area contributed by atoms with E-state index in [9.17, 15) is 8.78 Å². The van der Waals surface area contributed by atoms with Gasteiger partial charge in [0.1, 0.15) is 5.69 Å². The van der Waals surface area contributed by atoms with Crippen molar-refractivity contribution >= 4 is 11.0 Å². The lowest BCUT2D eigenvalue weighted by Crippen LogP contribution is -1.91. The molecule has 0 fully saturated rings. The van der Waals surface area contributed by atoms with Crippen molar-refractivity contribution in [1.29, 1.82) is 0 Å². The molecule has 5 aromatic rings. The monoisotopic (exact) mass is 374 g/mol. The molecule has 28 heavy (non-hydrogen) atoms. The van der Waals surface area contributed by atoms with Gasteiger partial charge in [-0.2, -0.15) is 10.2 Å². The number of nitrogens with one attached hydrogen (secondary N) is 2. The molecular weight excluding hydrogens is 362 g/mol. The van der Waals surface area contributed by atoms with E-state index in [1.165, 1.54) is 6.07 Å². The number of pyridine rings is 2. The Balaban J connectivity index is 1.62. The highest BCUT2D eigenvalue weighted by molar-refractivity contribution is 5.85. The van der Waals surface area contributed by atoms with E-state index in [4.69, 9.17) is 4.98 Å². The number of hydrogen-bond acceptors (Lipinski definition) is 4. The molecule has 0 radical (unpaired) electrons. The van der Waals surface area contributed by atoms with Gasteiger partial charge in [-0.05, 0) is 36.4 Å². The molecule has 0 aliphatic carbocycles. The molecule has 0 spiro atoms. The van der Waals surface area contributed by atoms with Crippen LogP contribution in [0, 0.1) is 11.6 Å². The predicted molar refractivity (Wildman–Crippen MR) is 100 cm³/mol. The average molecular weight is 374 g/mol. The molecule has 5 rings (SSSR count). The van der Waals surface area contributed by atoms with Gasteiger partial charge in [0.05, 0.1) is 22.9 Å². The maximum Gasteiger partial charge on any atom is 0.159 e. The molecule has 0 unspecified atom stereocenters. The Morgan fingerprint density at radius 2 is 1.68 bits per heavy atom. The van der Waals surface area contributed by atoms with Gasteiger partial charge in [0.25, 0.3) is 0 Å². The smallest absolute Gasteiger partial charge is 0.159 e. The molecule has 6 nitrogen and oxygen atoms in total. The van der Waals surface area contributed by atoms with E-state index in [-0.39, 0.29) is 0 Å². The van der Waals surface area contributed by atoms with E-state index < -0.39 is 11.6 Å². The minimum Gasteiger partial charge on any atom is -0.285 e. The summed E-state index contributed by atoms with van der Waals surface area (Å²) in [5, 5.41) is 13.7. The third-order valence-electron chi connectivity index (χ3n) is 4.48. The van der Waals surface area contributed by atoms with Crippen LogP contribution < -0.4 is 0 Å². The Kier molecular flexibility index (Phi) is 3.68. The van der Waals surface area contributed by atoms with E-state index in [2.05, 4.69) is 25.4 Å². The summed E-state index contributed by atoms with van der Waals surface area (Å²) in [6, 6.07) is 9.29. The number of aromatic amines is 2. The van der Waals surface area contributed by atoms with Crippen LogP contribution in [0.1, 0.15) is 0 Å². The lowest BCUT2D eigenvalue weighted by Gasteiger charge is -2.05. The number of nitrogens with zero attached hydrogens (tertiary/aromatic N) is 4. The van der Waals surface area contributed by atoms with Crippen LogP contribution in [0.2, 0.25) is 0 Å². The van der Waals surface area contributed by atoms with Crippen LogP contribution >= 0.6 is 0 Å². The van der Waals surface area contributed by atoms with Gasteiger partial charge in [0.15, 0.2) is 11.6 Å². The van der Waals surface area contributed by atoms with Gasteiger partial charge in [-0.15, -0.1) is 0 Å². The Labute approximate surface area is 157 Å². The van der Waals surface area contributed by atoms with Gasteiger partial charge in [-0.1, -0.05) is 0 Å². The predicted octanol–water partition coefficient (Wildman–Crippen LogP) is 4.36. The van der Waals surface area contributed by atoms with Gasteiger partial charge in [0.2, 0.25) is 0 Å². The van der Waals surface area contributed by atoms with Crippen molar-refractivity contribution in [1.82, 2.24) is 30.4 Å². The van der Waals surface area contributed by atoms with Crippen molar-refractivity contribution in [3.05, 3.63) is 72.8 Å². The fraction of sp³-hybridized carbons (Fsp3) is 0.